The Morgan fingerprint density at radius 3 is 2.16 bits per heavy atom. The Labute approximate surface area is 140 Å². The highest BCUT2D eigenvalue weighted by Gasteiger charge is 2.31. The first-order valence-electron chi connectivity index (χ1n) is 6.84. The number of amides is 1. The first kappa shape index (κ1) is 18.1. The molecule has 0 spiro atoms. The summed E-state index contributed by atoms with van der Waals surface area (Å²) in [6.45, 7) is 0. The van der Waals surface area contributed by atoms with E-state index in [2.05, 4.69) is 14.8 Å². The van der Waals surface area contributed by atoms with Crippen LogP contribution in [0.1, 0.15) is 20.7 Å². The van der Waals surface area contributed by atoms with Gasteiger partial charge in [0.25, 0.3) is 5.91 Å². The third-order valence-corrected chi connectivity index (χ3v) is 3.07. The number of carbonyl (C=O) groups excluding carboxylic acids is 2. The number of nitrogen functional groups attached to an aromatic ring is 1. The van der Waals surface area contributed by atoms with Crippen molar-refractivity contribution in [3.8, 4) is 5.75 Å². The van der Waals surface area contributed by atoms with Crippen molar-refractivity contribution >= 4 is 23.3 Å². The first-order valence-corrected chi connectivity index (χ1v) is 6.84. The monoisotopic (exact) mass is 354 g/mol. The highest BCUT2D eigenvalue weighted by molar-refractivity contribution is 6.06. The molecule has 3 N–H and O–H groups in total. The lowest BCUT2D eigenvalue weighted by Crippen LogP contribution is -2.17. The minimum absolute atomic E-state index is 0.103. The Kier molecular flexibility index (Phi) is 5.16. The normalized spacial score (nSPS) is 10.9. The second-order valence-electron chi connectivity index (χ2n) is 4.82. The van der Waals surface area contributed by atoms with Gasteiger partial charge in [-0.15, -0.1) is 13.2 Å². The molecule has 1 amide bonds. The summed E-state index contributed by atoms with van der Waals surface area (Å²) in [6, 6.07) is 8.56. The van der Waals surface area contributed by atoms with Crippen LogP contribution in [0.25, 0.3) is 0 Å². The third kappa shape index (κ3) is 4.87. The number of benzene rings is 2. The van der Waals surface area contributed by atoms with Crippen LogP contribution in [-0.4, -0.2) is 25.3 Å². The number of hydrogen-bond donors (Lipinski definition) is 2. The van der Waals surface area contributed by atoms with Gasteiger partial charge in [0.15, 0.2) is 0 Å². The summed E-state index contributed by atoms with van der Waals surface area (Å²) in [4.78, 5) is 23.5. The maximum absolute atomic E-state index is 12.1. The summed E-state index contributed by atoms with van der Waals surface area (Å²) in [7, 11) is 1.22. The Balaban J connectivity index is 2.10. The zero-order valence-electron chi connectivity index (χ0n) is 12.9. The number of anilines is 2. The Bertz CT molecular complexity index is 789. The van der Waals surface area contributed by atoms with E-state index in [-0.39, 0.29) is 22.5 Å². The highest BCUT2D eigenvalue weighted by Crippen LogP contribution is 2.24. The summed E-state index contributed by atoms with van der Waals surface area (Å²) < 4.78 is 44.6. The zero-order chi connectivity index (χ0) is 18.6. The first-order chi connectivity index (χ1) is 11.7. The fraction of sp³-hybridized carbons (Fsp3) is 0.125. The van der Waals surface area contributed by atoms with Crippen molar-refractivity contribution in [3.05, 3.63) is 53.6 Å². The predicted molar refractivity (Wildman–Crippen MR) is 83.3 cm³/mol. The van der Waals surface area contributed by atoms with Gasteiger partial charge in [-0.05, 0) is 42.5 Å². The van der Waals surface area contributed by atoms with Gasteiger partial charge in [0, 0.05) is 5.56 Å². The van der Waals surface area contributed by atoms with E-state index in [9.17, 15) is 22.8 Å². The molecule has 2 aromatic rings. The fourth-order valence-electron chi connectivity index (χ4n) is 1.92. The molecular formula is C16H13F3N2O4. The molecule has 2 aromatic carbocycles. The van der Waals surface area contributed by atoms with Crippen LogP contribution in [0.5, 0.6) is 5.75 Å². The SMILES string of the molecule is COC(=O)c1ccc(NC(=O)c2ccc(OC(F)(F)F)cc2)c(N)c1. The van der Waals surface area contributed by atoms with Crippen LogP contribution in [-0.2, 0) is 4.74 Å². The van der Waals surface area contributed by atoms with Gasteiger partial charge in [-0.2, -0.15) is 0 Å². The lowest BCUT2D eigenvalue weighted by molar-refractivity contribution is -0.274. The number of esters is 1. The molecule has 0 radical (unpaired) electrons. The fourth-order valence-corrected chi connectivity index (χ4v) is 1.92. The number of ether oxygens (including phenoxy) is 2. The van der Waals surface area contributed by atoms with E-state index in [1.807, 2.05) is 0 Å². The molecule has 0 aromatic heterocycles. The van der Waals surface area contributed by atoms with Gasteiger partial charge in [-0.3, -0.25) is 4.79 Å². The van der Waals surface area contributed by atoms with Crippen LogP contribution in [0, 0.1) is 0 Å². The van der Waals surface area contributed by atoms with E-state index in [4.69, 9.17) is 5.73 Å². The molecule has 132 valence electrons. The molecule has 0 atom stereocenters. The van der Waals surface area contributed by atoms with E-state index in [0.29, 0.717) is 0 Å². The molecule has 2 rings (SSSR count). The average molecular weight is 354 g/mol. The van der Waals surface area contributed by atoms with Gasteiger partial charge in [-0.25, -0.2) is 4.79 Å². The van der Waals surface area contributed by atoms with Crippen molar-refractivity contribution in [1.82, 2.24) is 0 Å². The molecule has 0 aliphatic heterocycles. The lowest BCUT2D eigenvalue weighted by Gasteiger charge is -2.11. The summed E-state index contributed by atoms with van der Waals surface area (Å²) in [5.41, 5.74) is 6.46. The van der Waals surface area contributed by atoms with Crippen molar-refractivity contribution in [1.29, 1.82) is 0 Å². The third-order valence-electron chi connectivity index (χ3n) is 3.07. The predicted octanol–water partition coefficient (Wildman–Crippen LogP) is 3.21. The number of nitrogens with one attached hydrogen (secondary N) is 1. The molecule has 0 heterocycles. The summed E-state index contributed by atoms with van der Waals surface area (Å²) >= 11 is 0. The van der Waals surface area contributed by atoms with Gasteiger partial charge in [-0.1, -0.05) is 0 Å². The van der Waals surface area contributed by atoms with Crippen molar-refractivity contribution in [3.63, 3.8) is 0 Å². The Morgan fingerprint density at radius 1 is 1.04 bits per heavy atom. The molecule has 6 nitrogen and oxygen atoms in total. The zero-order valence-corrected chi connectivity index (χ0v) is 12.9. The number of alkyl halides is 3. The van der Waals surface area contributed by atoms with Crippen LogP contribution in [0.3, 0.4) is 0 Å². The van der Waals surface area contributed by atoms with Crippen LogP contribution in [0.2, 0.25) is 0 Å². The van der Waals surface area contributed by atoms with Gasteiger partial charge in [0.05, 0.1) is 24.0 Å². The molecule has 0 bridgehead atoms. The Morgan fingerprint density at radius 2 is 1.64 bits per heavy atom. The number of carbonyl (C=O) groups is 2. The molecular weight excluding hydrogens is 341 g/mol. The van der Waals surface area contributed by atoms with Gasteiger partial charge < -0.3 is 20.5 Å². The van der Waals surface area contributed by atoms with Crippen LogP contribution < -0.4 is 15.8 Å². The van der Waals surface area contributed by atoms with Crippen molar-refractivity contribution in [2.24, 2.45) is 0 Å². The highest BCUT2D eigenvalue weighted by atomic mass is 19.4. The quantitative estimate of drug-likeness (QED) is 0.650. The second kappa shape index (κ2) is 7.12. The van der Waals surface area contributed by atoms with Crippen LogP contribution >= 0.6 is 0 Å². The lowest BCUT2D eigenvalue weighted by atomic mass is 10.1. The van der Waals surface area contributed by atoms with E-state index in [0.717, 1.165) is 12.1 Å². The molecule has 0 aliphatic carbocycles. The van der Waals surface area contributed by atoms with Gasteiger partial charge in [0.2, 0.25) is 0 Å². The Hall–Kier alpha value is -3.23. The molecule has 9 heteroatoms. The number of rotatable bonds is 4. The van der Waals surface area contributed by atoms with Crippen LogP contribution in [0.15, 0.2) is 42.5 Å². The molecule has 0 saturated heterocycles. The average Bonchev–Trinajstić information content (AvgIpc) is 2.55. The number of nitrogens with two attached hydrogens (primary N) is 1. The smallest absolute Gasteiger partial charge is 0.465 e. The molecule has 0 saturated carbocycles. The number of hydrogen-bond acceptors (Lipinski definition) is 5. The van der Waals surface area contributed by atoms with E-state index >= 15 is 0 Å². The molecule has 0 fully saturated rings. The molecule has 25 heavy (non-hydrogen) atoms. The van der Waals surface area contributed by atoms with Gasteiger partial charge in [0.1, 0.15) is 5.75 Å². The van der Waals surface area contributed by atoms with E-state index in [1.165, 1.54) is 37.4 Å². The maximum atomic E-state index is 12.1. The van der Waals surface area contributed by atoms with E-state index < -0.39 is 24.0 Å². The summed E-state index contributed by atoms with van der Waals surface area (Å²) in [6.07, 6.45) is -4.81. The molecule has 0 unspecified atom stereocenters. The van der Waals surface area contributed by atoms with Crippen molar-refractivity contribution < 1.29 is 32.2 Å². The maximum Gasteiger partial charge on any atom is 0.573 e. The van der Waals surface area contributed by atoms with Gasteiger partial charge >= 0.3 is 12.3 Å². The number of halogens is 3. The standard InChI is InChI=1S/C16H13F3N2O4/c1-24-15(23)10-4-7-13(12(20)8-10)21-14(22)9-2-5-11(6-3-9)25-16(17,18)19/h2-8H,20H2,1H3,(H,21,22). The largest absolute Gasteiger partial charge is 0.573 e. The molecule has 0 aliphatic rings. The minimum atomic E-state index is -4.81. The van der Waals surface area contributed by atoms with Crippen molar-refractivity contribution in [2.45, 2.75) is 6.36 Å². The number of methoxy groups -OCH3 is 1. The second-order valence-corrected chi connectivity index (χ2v) is 4.82. The summed E-state index contributed by atoms with van der Waals surface area (Å²) in [5.74, 6) is -1.60. The van der Waals surface area contributed by atoms with E-state index in [1.54, 1.807) is 0 Å². The summed E-state index contributed by atoms with van der Waals surface area (Å²) in [5, 5.41) is 2.50. The van der Waals surface area contributed by atoms with Crippen LogP contribution in [0.4, 0.5) is 24.5 Å². The van der Waals surface area contributed by atoms with Crippen molar-refractivity contribution in [2.75, 3.05) is 18.2 Å². The minimum Gasteiger partial charge on any atom is -0.465 e. The topological polar surface area (TPSA) is 90.6 Å².